The Balaban J connectivity index is 1.99. The molecule has 3 nitrogen and oxygen atoms in total. The number of carbonyl (C=O) groups excluding carboxylic acids is 1. The van der Waals surface area contributed by atoms with Crippen LogP contribution in [0.25, 0.3) is 0 Å². The fourth-order valence-electron chi connectivity index (χ4n) is 1.95. The Bertz CT molecular complexity index is 603. The largest absolute Gasteiger partial charge is 0.497 e. The molecule has 0 bridgehead atoms. The van der Waals surface area contributed by atoms with Crippen LogP contribution in [0.5, 0.6) is 5.75 Å². The summed E-state index contributed by atoms with van der Waals surface area (Å²) in [5, 5.41) is 2.92. The van der Waals surface area contributed by atoms with Gasteiger partial charge in [-0.25, -0.2) is 0 Å². The standard InChI is InChI=1S/C17H19NO2/c1-12-4-7-15(10-13(12)2)18-17(19)11-14-5-8-16(20-3)9-6-14/h4-10H,11H2,1-3H3,(H,18,19). The van der Waals surface area contributed by atoms with Gasteiger partial charge in [0.25, 0.3) is 0 Å². The lowest BCUT2D eigenvalue weighted by atomic mass is 10.1. The lowest BCUT2D eigenvalue weighted by molar-refractivity contribution is -0.115. The van der Waals surface area contributed by atoms with Gasteiger partial charge in [0.15, 0.2) is 0 Å². The summed E-state index contributed by atoms with van der Waals surface area (Å²) in [7, 11) is 1.63. The minimum atomic E-state index is -0.0154. The number of hydrogen-bond donors (Lipinski definition) is 1. The second-order valence-corrected chi connectivity index (χ2v) is 4.87. The zero-order chi connectivity index (χ0) is 14.5. The highest BCUT2D eigenvalue weighted by Crippen LogP contribution is 2.15. The van der Waals surface area contributed by atoms with Crippen LogP contribution < -0.4 is 10.1 Å². The van der Waals surface area contributed by atoms with Gasteiger partial charge in [0.05, 0.1) is 13.5 Å². The predicted molar refractivity (Wildman–Crippen MR) is 81.2 cm³/mol. The SMILES string of the molecule is COc1ccc(CC(=O)Nc2ccc(C)c(C)c2)cc1. The molecule has 0 atom stereocenters. The van der Waals surface area contributed by atoms with Crippen molar-refractivity contribution in [2.75, 3.05) is 12.4 Å². The lowest BCUT2D eigenvalue weighted by Crippen LogP contribution is -2.14. The van der Waals surface area contributed by atoms with Crippen molar-refractivity contribution in [2.24, 2.45) is 0 Å². The van der Waals surface area contributed by atoms with Crippen molar-refractivity contribution in [2.45, 2.75) is 20.3 Å². The Morgan fingerprint density at radius 3 is 2.35 bits per heavy atom. The summed E-state index contributed by atoms with van der Waals surface area (Å²) in [6.45, 7) is 4.09. The molecule has 1 amide bonds. The van der Waals surface area contributed by atoms with Crippen molar-refractivity contribution in [3.05, 3.63) is 59.2 Å². The number of aryl methyl sites for hydroxylation is 2. The molecule has 3 heteroatoms. The summed E-state index contributed by atoms with van der Waals surface area (Å²) >= 11 is 0. The van der Waals surface area contributed by atoms with Crippen molar-refractivity contribution in [3.8, 4) is 5.75 Å². The fraction of sp³-hybridized carbons (Fsp3) is 0.235. The highest BCUT2D eigenvalue weighted by Gasteiger charge is 2.05. The van der Waals surface area contributed by atoms with Gasteiger partial charge in [0.1, 0.15) is 5.75 Å². The first kappa shape index (κ1) is 14.1. The number of benzene rings is 2. The van der Waals surface area contributed by atoms with E-state index in [1.54, 1.807) is 7.11 Å². The molecule has 2 aromatic carbocycles. The van der Waals surface area contributed by atoms with Crippen molar-refractivity contribution < 1.29 is 9.53 Å². The minimum Gasteiger partial charge on any atom is -0.497 e. The van der Waals surface area contributed by atoms with E-state index in [2.05, 4.69) is 12.2 Å². The van der Waals surface area contributed by atoms with E-state index >= 15 is 0 Å². The molecule has 1 N–H and O–H groups in total. The van der Waals surface area contributed by atoms with Gasteiger partial charge >= 0.3 is 0 Å². The van der Waals surface area contributed by atoms with Crippen LogP contribution in [0.4, 0.5) is 5.69 Å². The zero-order valence-electron chi connectivity index (χ0n) is 12.1. The van der Waals surface area contributed by atoms with Gasteiger partial charge in [-0.05, 0) is 54.8 Å². The van der Waals surface area contributed by atoms with Gasteiger partial charge in [-0.2, -0.15) is 0 Å². The van der Waals surface area contributed by atoms with Crippen LogP contribution in [0, 0.1) is 13.8 Å². The molecule has 20 heavy (non-hydrogen) atoms. The van der Waals surface area contributed by atoms with E-state index in [0.29, 0.717) is 6.42 Å². The maximum absolute atomic E-state index is 12.0. The molecule has 2 rings (SSSR count). The van der Waals surface area contributed by atoms with E-state index in [9.17, 15) is 4.79 Å². The average Bonchev–Trinajstić information content (AvgIpc) is 2.44. The molecule has 0 heterocycles. The molecule has 2 aromatic rings. The highest BCUT2D eigenvalue weighted by molar-refractivity contribution is 5.92. The van der Waals surface area contributed by atoms with E-state index in [1.165, 1.54) is 11.1 Å². The van der Waals surface area contributed by atoms with Crippen LogP contribution in [0.3, 0.4) is 0 Å². The number of nitrogens with one attached hydrogen (secondary N) is 1. The van der Waals surface area contributed by atoms with Crippen molar-refractivity contribution in [1.82, 2.24) is 0 Å². The molecule has 0 radical (unpaired) electrons. The number of amides is 1. The third-order valence-electron chi connectivity index (χ3n) is 3.31. The Kier molecular flexibility index (Phi) is 4.41. The van der Waals surface area contributed by atoms with Crippen LogP contribution in [-0.2, 0) is 11.2 Å². The van der Waals surface area contributed by atoms with Gasteiger partial charge in [-0.1, -0.05) is 18.2 Å². The molecule has 0 aliphatic carbocycles. The monoisotopic (exact) mass is 269 g/mol. The van der Waals surface area contributed by atoms with E-state index in [-0.39, 0.29) is 5.91 Å². The van der Waals surface area contributed by atoms with Crippen molar-refractivity contribution in [3.63, 3.8) is 0 Å². The lowest BCUT2D eigenvalue weighted by Gasteiger charge is -2.08. The molecule has 0 saturated heterocycles. The van der Waals surface area contributed by atoms with Crippen LogP contribution in [0.2, 0.25) is 0 Å². The Morgan fingerprint density at radius 2 is 1.75 bits per heavy atom. The summed E-state index contributed by atoms with van der Waals surface area (Å²) in [5.74, 6) is 0.779. The summed E-state index contributed by atoms with van der Waals surface area (Å²) in [4.78, 5) is 12.0. The summed E-state index contributed by atoms with van der Waals surface area (Å²) in [6, 6.07) is 13.4. The Morgan fingerprint density at radius 1 is 1.05 bits per heavy atom. The maximum atomic E-state index is 12.0. The fourth-order valence-corrected chi connectivity index (χ4v) is 1.95. The molecule has 104 valence electrons. The first-order valence-electron chi connectivity index (χ1n) is 6.58. The minimum absolute atomic E-state index is 0.0154. The molecular weight excluding hydrogens is 250 g/mol. The molecule has 0 unspecified atom stereocenters. The maximum Gasteiger partial charge on any atom is 0.228 e. The topological polar surface area (TPSA) is 38.3 Å². The molecule has 0 aliphatic heterocycles. The van der Waals surface area contributed by atoms with Gasteiger partial charge in [-0.3, -0.25) is 4.79 Å². The predicted octanol–water partition coefficient (Wildman–Crippen LogP) is 3.49. The molecular formula is C17H19NO2. The molecule has 0 aliphatic rings. The number of hydrogen-bond acceptors (Lipinski definition) is 2. The summed E-state index contributed by atoms with van der Waals surface area (Å²) in [5.41, 5.74) is 4.20. The summed E-state index contributed by atoms with van der Waals surface area (Å²) in [6.07, 6.45) is 0.358. The number of rotatable bonds is 4. The van der Waals surface area contributed by atoms with Crippen molar-refractivity contribution >= 4 is 11.6 Å². The molecule has 0 fully saturated rings. The van der Waals surface area contributed by atoms with Crippen LogP contribution in [-0.4, -0.2) is 13.0 Å². The average molecular weight is 269 g/mol. The second-order valence-electron chi connectivity index (χ2n) is 4.87. The van der Waals surface area contributed by atoms with Gasteiger partial charge < -0.3 is 10.1 Å². The van der Waals surface area contributed by atoms with E-state index in [4.69, 9.17) is 4.74 Å². The molecule has 0 saturated carbocycles. The van der Waals surface area contributed by atoms with Gasteiger partial charge in [0.2, 0.25) is 5.91 Å². The van der Waals surface area contributed by atoms with E-state index < -0.39 is 0 Å². The second kappa shape index (κ2) is 6.24. The van der Waals surface area contributed by atoms with Crippen molar-refractivity contribution in [1.29, 1.82) is 0 Å². The third kappa shape index (κ3) is 3.60. The van der Waals surface area contributed by atoms with Crippen LogP contribution in [0.15, 0.2) is 42.5 Å². The van der Waals surface area contributed by atoms with Gasteiger partial charge in [-0.15, -0.1) is 0 Å². The van der Waals surface area contributed by atoms with Crippen LogP contribution >= 0.6 is 0 Å². The Labute approximate surface area is 119 Å². The first-order chi connectivity index (χ1) is 9.58. The van der Waals surface area contributed by atoms with Crippen LogP contribution in [0.1, 0.15) is 16.7 Å². The molecule has 0 spiro atoms. The van der Waals surface area contributed by atoms with E-state index in [1.807, 2.05) is 49.4 Å². The summed E-state index contributed by atoms with van der Waals surface area (Å²) < 4.78 is 5.09. The highest BCUT2D eigenvalue weighted by atomic mass is 16.5. The number of ether oxygens (including phenoxy) is 1. The number of anilines is 1. The quantitative estimate of drug-likeness (QED) is 0.922. The third-order valence-corrected chi connectivity index (χ3v) is 3.31. The smallest absolute Gasteiger partial charge is 0.228 e. The van der Waals surface area contributed by atoms with E-state index in [0.717, 1.165) is 17.0 Å². The Hall–Kier alpha value is -2.29. The number of methoxy groups -OCH3 is 1. The number of carbonyl (C=O) groups is 1. The molecule has 0 aromatic heterocycles. The van der Waals surface area contributed by atoms with Gasteiger partial charge in [0, 0.05) is 5.69 Å². The normalized spacial score (nSPS) is 10.2. The zero-order valence-corrected chi connectivity index (χ0v) is 12.1. The first-order valence-corrected chi connectivity index (χ1v) is 6.58.